The summed E-state index contributed by atoms with van der Waals surface area (Å²) in [6.45, 7) is 0.648. The molecule has 1 unspecified atom stereocenters. The van der Waals surface area contributed by atoms with Crippen LogP contribution in [-0.2, 0) is 4.74 Å². The maximum absolute atomic E-state index is 10.7. The van der Waals surface area contributed by atoms with E-state index in [9.17, 15) is 10.1 Å². The van der Waals surface area contributed by atoms with Gasteiger partial charge in [-0.25, -0.2) is 0 Å². The summed E-state index contributed by atoms with van der Waals surface area (Å²) in [6, 6.07) is 4.67. The molecule has 80 valence electrons. The van der Waals surface area contributed by atoms with Crippen molar-refractivity contribution in [2.45, 2.75) is 12.7 Å². The predicted molar refractivity (Wildman–Crippen MR) is 55.8 cm³/mol. The van der Waals surface area contributed by atoms with Crippen LogP contribution in [0.25, 0.3) is 0 Å². The molecule has 2 rings (SSSR count). The molecule has 1 aliphatic heterocycles. The van der Waals surface area contributed by atoms with Gasteiger partial charge in [0.25, 0.3) is 0 Å². The number of hydrogen-bond donors (Lipinski definition) is 0. The van der Waals surface area contributed by atoms with Gasteiger partial charge in [0.2, 0.25) is 6.29 Å². The zero-order valence-electron chi connectivity index (χ0n) is 7.68. The van der Waals surface area contributed by atoms with Gasteiger partial charge < -0.3 is 9.47 Å². The third kappa shape index (κ3) is 2.27. The van der Waals surface area contributed by atoms with Gasteiger partial charge in [-0.2, -0.15) is 0 Å². The molecule has 1 aromatic rings. The van der Waals surface area contributed by atoms with Gasteiger partial charge in [-0.3, -0.25) is 10.1 Å². The molecule has 15 heavy (non-hydrogen) atoms. The average Bonchev–Trinajstić information content (AvgIpc) is 2.12. The van der Waals surface area contributed by atoms with Crippen LogP contribution in [0.2, 0.25) is 0 Å². The lowest BCUT2D eigenvalue weighted by atomic mass is 10.3. The molecule has 1 fully saturated rings. The van der Waals surface area contributed by atoms with Crippen LogP contribution in [0.3, 0.4) is 0 Å². The summed E-state index contributed by atoms with van der Waals surface area (Å²) < 4.78 is 11.0. The lowest BCUT2D eigenvalue weighted by Gasteiger charge is -2.26. The SMILES string of the molecule is O=[N+]([O-])c1cc(Br)ccc1OC1CCO1. The quantitative estimate of drug-likeness (QED) is 0.627. The van der Waals surface area contributed by atoms with Crippen molar-refractivity contribution in [2.75, 3.05) is 6.61 Å². The molecule has 0 saturated carbocycles. The highest BCUT2D eigenvalue weighted by Crippen LogP contribution is 2.32. The molecule has 5 nitrogen and oxygen atoms in total. The van der Waals surface area contributed by atoms with E-state index in [1.807, 2.05) is 0 Å². The monoisotopic (exact) mass is 273 g/mol. The molecular weight excluding hydrogens is 266 g/mol. The minimum Gasteiger partial charge on any atom is -0.458 e. The molecular formula is C9H8BrNO4. The number of benzene rings is 1. The standard InChI is InChI=1S/C9H8BrNO4/c10-6-1-2-8(7(5-6)11(12)13)15-9-3-4-14-9/h1-2,5,9H,3-4H2. The highest BCUT2D eigenvalue weighted by Gasteiger charge is 2.24. The second-order valence-corrected chi connectivity index (χ2v) is 3.99. The number of nitrogens with zero attached hydrogens (tertiary/aromatic N) is 1. The van der Waals surface area contributed by atoms with E-state index in [2.05, 4.69) is 15.9 Å². The summed E-state index contributed by atoms with van der Waals surface area (Å²) in [6.07, 6.45) is 0.428. The van der Waals surface area contributed by atoms with Crippen molar-refractivity contribution in [1.29, 1.82) is 0 Å². The largest absolute Gasteiger partial charge is 0.458 e. The van der Waals surface area contributed by atoms with Crippen molar-refractivity contribution in [1.82, 2.24) is 0 Å². The van der Waals surface area contributed by atoms with Gasteiger partial charge in [-0.1, -0.05) is 15.9 Å². The fourth-order valence-corrected chi connectivity index (χ4v) is 1.53. The van der Waals surface area contributed by atoms with Crippen LogP contribution >= 0.6 is 15.9 Å². The lowest BCUT2D eigenvalue weighted by molar-refractivity contribution is -0.386. The van der Waals surface area contributed by atoms with Crippen molar-refractivity contribution >= 4 is 21.6 Å². The number of halogens is 1. The molecule has 0 spiro atoms. The Kier molecular flexibility index (Phi) is 2.88. The van der Waals surface area contributed by atoms with E-state index in [0.717, 1.165) is 6.42 Å². The topological polar surface area (TPSA) is 61.6 Å². The summed E-state index contributed by atoms with van der Waals surface area (Å²) in [5, 5.41) is 10.7. The zero-order chi connectivity index (χ0) is 10.8. The normalized spacial score (nSPS) is 19.4. The first-order valence-electron chi connectivity index (χ1n) is 4.39. The van der Waals surface area contributed by atoms with Gasteiger partial charge in [0.15, 0.2) is 5.75 Å². The van der Waals surface area contributed by atoms with Gasteiger partial charge in [-0.15, -0.1) is 0 Å². The number of ether oxygens (including phenoxy) is 2. The van der Waals surface area contributed by atoms with Crippen molar-refractivity contribution in [3.8, 4) is 5.75 Å². The Morgan fingerprint density at radius 1 is 1.60 bits per heavy atom. The van der Waals surface area contributed by atoms with E-state index in [1.165, 1.54) is 6.07 Å². The molecule has 1 aromatic carbocycles. The minimum absolute atomic E-state index is 0.0557. The van der Waals surface area contributed by atoms with E-state index in [0.29, 0.717) is 11.1 Å². The van der Waals surface area contributed by atoms with Gasteiger partial charge in [0, 0.05) is 17.0 Å². The van der Waals surface area contributed by atoms with Crippen molar-refractivity contribution in [2.24, 2.45) is 0 Å². The number of nitro groups is 1. The van der Waals surface area contributed by atoms with E-state index in [4.69, 9.17) is 9.47 Å². The smallest absolute Gasteiger partial charge is 0.312 e. The fraction of sp³-hybridized carbons (Fsp3) is 0.333. The maximum Gasteiger partial charge on any atom is 0.312 e. The van der Waals surface area contributed by atoms with Crippen molar-refractivity contribution < 1.29 is 14.4 Å². The van der Waals surface area contributed by atoms with Gasteiger partial charge in [-0.05, 0) is 12.1 Å². The maximum atomic E-state index is 10.7. The fourth-order valence-electron chi connectivity index (χ4n) is 1.18. The molecule has 0 N–H and O–H groups in total. The predicted octanol–water partition coefficient (Wildman–Crippen LogP) is 2.48. The first-order valence-corrected chi connectivity index (χ1v) is 5.18. The Balaban J connectivity index is 2.23. The molecule has 0 radical (unpaired) electrons. The van der Waals surface area contributed by atoms with Crippen LogP contribution in [0, 0.1) is 10.1 Å². The summed E-state index contributed by atoms with van der Waals surface area (Å²) in [5.74, 6) is 0.243. The second-order valence-electron chi connectivity index (χ2n) is 3.08. The molecule has 0 aliphatic carbocycles. The number of nitro benzene ring substituents is 1. The lowest BCUT2D eigenvalue weighted by Crippen LogP contribution is -2.32. The number of hydrogen-bond acceptors (Lipinski definition) is 4. The van der Waals surface area contributed by atoms with Crippen LogP contribution in [-0.4, -0.2) is 17.8 Å². The Labute approximate surface area is 94.3 Å². The third-order valence-electron chi connectivity index (χ3n) is 2.03. The van der Waals surface area contributed by atoms with Crippen LogP contribution in [0.1, 0.15) is 6.42 Å². The minimum atomic E-state index is -0.473. The molecule has 0 amide bonds. The summed E-state index contributed by atoms with van der Waals surface area (Å²) >= 11 is 3.17. The average molecular weight is 274 g/mol. The number of rotatable bonds is 3. The molecule has 1 atom stereocenters. The molecule has 1 aliphatic rings. The van der Waals surface area contributed by atoms with E-state index >= 15 is 0 Å². The summed E-state index contributed by atoms with van der Waals surface area (Å²) in [7, 11) is 0. The third-order valence-corrected chi connectivity index (χ3v) is 2.53. The Bertz CT molecular complexity index is 392. The van der Waals surface area contributed by atoms with Crippen LogP contribution in [0.4, 0.5) is 5.69 Å². The molecule has 0 bridgehead atoms. The van der Waals surface area contributed by atoms with Crippen molar-refractivity contribution in [3.63, 3.8) is 0 Å². The van der Waals surface area contributed by atoms with Crippen LogP contribution < -0.4 is 4.74 Å². The van der Waals surface area contributed by atoms with Gasteiger partial charge in [0.1, 0.15) is 0 Å². The Hall–Kier alpha value is -1.14. The Morgan fingerprint density at radius 2 is 2.33 bits per heavy atom. The van der Waals surface area contributed by atoms with Crippen molar-refractivity contribution in [3.05, 3.63) is 32.8 Å². The molecule has 0 aromatic heterocycles. The van der Waals surface area contributed by atoms with Gasteiger partial charge >= 0.3 is 5.69 Å². The first kappa shape index (κ1) is 10.4. The molecule has 1 heterocycles. The van der Waals surface area contributed by atoms with E-state index in [1.54, 1.807) is 12.1 Å². The molecule has 6 heteroatoms. The second kappa shape index (κ2) is 4.16. The zero-order valence-corrected chi connectivity index (χ0v) is 9.27. The van der Waals surface area contributed by atoms with E-state index in [-0.39, 0.29) is 17.7 Å². The summed E-state index contributed by atoms with van der Waals surface area (Å²) in [4.78, 5) is 10.3. The van der Waals surface area contributed by atoms with E-state index < -0.39 is 4.92 Å². The highest BCUT2D eigenvalue weighted by atomic mass is 79.9. The van der Waals surface area contributed by atoms with Crippen LogP contribution in [0.5, 0.6) is 5.75 Å². The molecule has 1 saturated heterocycles. The highest BCUT2D eigenvalue weighted by molar-refractivity contribution is 9.10. The van der Waals surface area contributed by atoms with Crippen LogP contribution in [0.15, 0.2) is 22.7 Å². The Morgan fingerprint density at radius 3 is 2.87 bits per heavy atom. The van der Waals surface area contributed by atoms with Gasteiger partial charge in [0.05, 0.1) is 11.5 Å². The summed E-state index contributed by atoms with van der Waals surface area (Å²) in [5.41, 5.74) is -0.0557. The first-order chi connectivity index (χ1) is 7.16.